The third-order valence-electron chi connectivity index (χ3n) is 23.9. The molecule has 0 aliphatic carbocycles. The molecule has 2 heterocycles. The summed E-state index contributed by atoms with van der Waals surface area (Å²) in [5.74, 6) is 0. The second-order valence-corrected chi connectivity index (χ2v) is 32.1. The van der Waals surface area contributed by atoms with Crippen molar-refractivity contribution in [3.8, 4) is 122 Å². The van der Waals surface area contributed by atoms with Crippen LogP contribution in [0.1, 0.15) is 0 Å². The summed E-state index contributed by atoms with van der Waals surface area (Å²) in [5.41, 5.74) is 33.8. The van der Waals surface area contributed by atoms with Gasteiger partial charge in [0.2, 0.25) is 0 Å². The fourth-order valence-electron chi connectivity index (χ4n) is 17.9. The minimum atomic E-state index is 0.891. The average molecular weight is 1550 g/mol. The molecule has 0 unspecified atom stereocenters. The summed E-state index contributed by atoms with van der Waals surface area (Å²) in [4.78, 5) is 4.77. The minimum absolute atomic E-state index is 0.891. The first-order chi connectivity index (χ1) is 59.4. The highest BCUT2D eigenvalue weighted by atomic mass is 32.1. The molecule has 0 aliphatic heterocycles. The molecule has 120 heavy (non-hydrogen) atoms. The van der Waals surface area contributed by atoms with Gasteiger partial charge in [0.1, 0.15) is 11.2 Å². The molecule has 0 N–H and O–H groups in total. The third-order valence-corrected chi connectivity index (χ3v) is 25.1. The van der Waals surface area contributed by atoms with Crippen molar-refractivity contribution in [3.63, 3.8) is 0 Å². The molecule has 0 fully saturated rings. The first-order valence-electron chi connectivity index (χ1n) is 41.1. The molecule has 2 aromatic heterocycles. The Labute approximate surface area is 701 Å². The van der Waals surface area contributed by atoms with Crippen LogP contribution in [0.15, 0.2) is 465 Å². The van der Waals surface area contributed by atoms with Crippen molar-refractivity contribution in [2.75, 3.05) is 9.80 Å². The van der Waals surface area contributed by atoms with Crippen LogP contribution >= 0.6 is 11.3 Å². The van der Waals surface area contributed by atoms with Crippen LogP contribution in [0.25, 0.3) is 186 Å². The molecule has 0 bridgehead atoms. The van der Waals surface area contributed by atoms with Crippen LogP contribution in [0, 0.1) is 0 Å². The van der Waals surface area contributed by atoms with Crippen molar-refractivity contribution < 1.29 is 4.42 Å². The van der Waals surface area contributed by atoms with Gasteiger partial charge in [0.25, 0.3) is 0 Å². The van der Waals surface area contributed by atoms with Crippen molar-refractivity contribution in [1.82, 2.24) is 0 Å². The molecular weight excluding hydrogens is 1470 g/mol. The summed E-state index contributed by atoms with van der Waals surface area (Å²) in [6.07, 6.45) is 0. The zero-order valence-electron chi connectivity index (χ0n) is 65.6. The largest absolute Gasteiger partial charge is 0.455 e. The number of para-hydroxylation sites is 2. The molecule has 0 radical (unpaired) electrons. The van der Waals surface area contributed by atoms with Gasteiger partial charge in [-0.3, -0.25) is 0 Å². The summed E-state index contributed by atoms with van der Waals surface area (Å²) in [6, 6.07) is 169. The summed E-state index contributed by atoms with van der Waals surface area (Å²) >= 11 is 1.87. The Kier molecular flexibility index (Phi) is 18.1. The van der Waals surface area contributed by atoms with Crippen LogP contribution in [0.4, 0.5) is 34.1 Å². The number of hydrogen-bond donors (Lipinski definition) is 0. The Morgan fingerprint density at radius 1 is 0.167 bits per heavy atom. The minimum Gasteiger partial charge on any atom is -0.455 e. The zero-order chi connectivity index (χ0) is 79.4. The van der Waals surface area contributed by atoms with E-state index in [1.165, 1.54) is 103 Å². The van der Waals surface area contributed by atoms with E-state index < -0.39 is 0 Å². The molecular formula is C116H76N2OS. The van der Waals surface area contributed by atoms with Gasteiger partial charge in [-0.1, -0.05) is 340 Å². The maximum absolute atomic E-state index is 6.55. The van der Waals surface area contributed by atoms with Gasteiger partial charge < -0.3 is 14.2 Å². The van der Waals surface area contributed by atoms with E-state index in [0.29, 0.717) is 0 Å². The highest BCUT2D eigenvalue weighted by molar-refractivity contribution is 7.26. The highest BCUT2D eigenvalue weighted by Crippen LogP contribution is 2.47. The second-order valence-electron chi connectivity index (χ2n) is 31.1. The fraction of sp³-hybridized carbons (Fsp3) is 0. The number of fused-ring (bicyclic) bond motifs is 8. The molecule has 4 heteroatoms. The van der Waals surface area contributed by atoms with E-state index >= 15 is 0 Å². The van der Waals surface area contributed by atoms with E-state index in [9.17, 15) is 0 Å². The number of hydrogen-bond acceptors (Lipinski definition) is 4. The number of rotatable bonds is 17. The summed E-state index contributed by atoms with van der Waals surface area (Å²) in [5, 5.41) is 9.71. The van der Waals surface area contributed by atoms with Crippen molar-refractivity contribution in [2.24, 2.45) is 0 Å². The van der Waals surface area contributed by atoms with E-state index in [2.05, 4.69) is 459 Å². The van der Waals surface area contributed by atoms with E-state index in [1.54, 1.807) is 0 Å². The van der Waals surface area contributed by atoms with Crippen molar-refractivity contribution >= 4 is 109 Å². The predicted molar refractivity (Wildman–Crippen MR) is 511 cm³/mol. The van der Waals surface area contributed by atoms with E-state index in [-0.39, 0.29) is 0 Å². The van der Waals surface area contributed by atoms with E-state index in [4.69, 9.17) is 4.42 Å². The number of benzene rings is 20. The topological polar surface area (TPSA) is 19.6 Å². The number of anilines is 6. The normalized spacial score (nSPS) is 11.5. The van der Waals surface area contributed by atoms with Gasteiger partial charge in [-0.2, -0.15) is 0 Å². The first kappa shape index (κ1) is 71.1. The lowest BCUT2D eigenvalue weighted by Gasteiger charge is -2.26. The Morgan fingerprint density at radius 3 is 1.03 bits per heavy atom. The van der Waals surface area contributed by atoms with Crippen LogP contribution < -0.4 is 9.80 Å². The molecule has 0 spiro atoms. The molecule has 0 aliphatic rings. The van der Waals surface area contributed by atoms with Gasteiger partial charge in [-0.15, -0.1) is 11.3 Å². The standard InChI is InChI=1S/C116H76N2OS/c1-2-21-77(22-3-1)83-25-10-26-84(69-83)78-51-60-98(61-52-78)118(100-66-57-82(58-67-100)108-46-20-48-112-110-42-7-9-50-114(110)120-116(108)112)102-39-16-34-92(76-102)90-32-14-36-95(73-90)105-44-18-37-96-74-93(59-68-106(96)105)88-30-12-29-87(71-88)86-28-11-27-85(70-86)79-53-62-97(63-54-79)117(99-64-55-81(56-65-99)107-45-19-47-111-109-41-6-8-49-113(109)119-115(107)111)101-38-15-33-91(75-101)89-31-13-35-94(72-89)104-43-17-24-80-23-4-5-40-103(80)104/h1-76H. The maximum Gasteiger partial charge on any atom is 0.143 e. The number of thiophene rings is 1. The molecule has 22 rings (SSSR count). The monoisotopic (exact) mass is 1540 g/mol. The lowest BCUT2D eigenvalue weighted by molar-refractivity contribution is 0.670. The van der Waals surface area contributed by atoms with E-state index in [1.807, 2.05) is 23.5 Å². The van der Waals surface area contributed by atoms with Gasteiger partial charge in [0.05, 0.1) is 0 Å². The molecule has 20 aromatic carbocycles. The maximum atomic E-state index is 6.55. The summed E-state index contributed by atoms with van der Waals surface area (Å²) in [6.45, 7) is 0. The first-order valence-corrected chi connectivity index (χ1v) is 41.9. The molecule has 0 saturated carbocycles. The lowest BCUT2D eigenvalue weighted by atomic mass is 9.92. The van der Waals surface area contributed by atoms with Gasteiger partial charge in [-0.25, -0.2) is 0 Å². The molecule has 3 nitrogen and oxygen atoms in total. The van der Waals surface area contributed by atoms with E-state index in [0.717, 1.165) is 117 Å². The molecule has 0 saturated heterocycles. The van der Waals surface area contributed by atoms with Crippen LogP contribution in [0.5, 0.6) is 0 Å². The average Bonchev–Trinajstić information content (AvgIpc) is 1.60. The second kappa shape index (κ2) is 30.6. The van der Waals surface area contributed by atoms with Crippen molar-refractivity contribution in [1.29, 1.82) is 0 Å². The third kappa shape index (κ3) is 13.4. The Balaban J connectivity index is 0.546. The number of nitrogens with zero attached hydrogens (tertiary/aromatic N) is 2. The Bertz CT molecular complexity index is 7640. The highest BCUT2D eigenvalue weighted by Gasteiger charge is 2.22. The zero-order valence-corrected chi connectivity index (χ0v) is 66.4. The van der Waals surface area contributed by atoms with Crippen LogP contribution in [-0.2, 0) is 0 Å². The smallest absolute Gasteiger partial charge is 0.143 e. The SMILES string of the molecule is c1ccc(-c2cccc(-c3ccc(N(c4ccc(-c5cccc6c5sc5ccccc56)cc4)c4cccc(-c5cccc(-c6cccc7cc(-c8cccc(-c9cccc(-c%10ccc(N(c%11ccc(-c%12cccc%13c%12oc%12ccccc%12%13)cc%11)c%11cccc(-c%12cccc(-c%13cccc%14ccccc%13%14)c%12)c%11)cc%10)c9)c8)ccc67)c5)c4)cc3)c2)cc1. The molecule has 0 amide bonds. The number of furan rings is 1. The summed E-state index contributed by atoms with van der Waals surface area (Å²) < 4.78 is 9.17. The fourth-order valence-corrected chi connectivity index (χ4v) is 19.1. The lowest BCUT2D eigenvalue weighted by Crippen LogP contribution is -2.10. The molecule has 22 aromatic rings. The van der Waals surface area contributed by atoms with Gasteiger partial charge >= 0.3 is 0 Å². The van der Waals surface area contributed by atoms with Gasteiger partial charge in [-0.05, 0) is 260 Å². The van der Waals surface area contributed by atoms with Gasteiger partial charge in [0, 0.05) is 70.6 Å². The van der Waals surface area contributed by atoms with Crippen LogP contribution in [0.3, 0.4) is 0 Å². The van der Waals surface area contributed by atoms with Gasteiger partial charge in [0.15, 0.2) is 0 Å². The Morgan fingerprint density at radius 2 is 0.492 bits per heavy atom. The van der Waals surface area contributed by atoms with Crippen molar-refractivity contribution in [2.45, 2.75) is 0 Å². The molecule has 0 atom stereocenters. The van der Waals surface area contributed by atoms with Crippen LogP contribution in [0.2, 0.25) is 0 Å². The quantitative estimate of drug-likeness (QED) is 0.0906. The molecule has 562 valence electrons. The Hall–Kier alpha value is -15.5. The predicted octanol–water partition coefficient (Wildman–Crippen LogP) is 33.5. The van der Waals surface area contributed by atoms with Crippen LogP contribution in [-0.4, -0.2) is 0 Å². The summed E-state index contributed by atoms with van der Waals surface area (Å²) in [7, 11) is 0. The van der Waals surface area contributed by atoms with Crippen molar-refractivity contribution in [3.05, 3.63) is 461 Å².